The highest BCUT2D eigenvalue weighted by atomic mass is 32.2. The first-order valence-corrected chi connectivity index (χ1v) is 13.5. The van der Waals surface area contributed by atoms with E-state index in [0.29, 0.717) is 30.0 Å². The number of amides is 1. The Morgan fingerprint density at radius 1 is 1.03 bits per heavy atom. The molecular weight excluding hydrogens is 468 g/mol. The highest BCUT2D eigenvalue weighted by molar-refractivity contribution is 7.94. The normalized spacial score (nSPS) is 20.5. The number of rotatable bonds is 5. The van der Waals surface area contributed by atoms with Crippen molar-refractivity contribution < 1.29 is 31.1 Å². The Morgan fingerprint density at radius 2 is 1.67 bits per heavy atom. The van der Waals surface area contributed by atoms with Crippen molar-refractivity contribution in [3.05, 3.63) is 47.0 Å². The van der Waals surface area contributed by atoms with Crippen LogP contribution in [0.15, 0.2) is 35.2 Å². The molecule has 2 aromatic carbocycles. The summed E-state index contributed by atoms with van der Waals surface area (Å²) in [5.74, 6) is -0.280. The maximum absolute atomic E-state index is 13.4. The van der Waals surface area contributed by atoms with Crippen molar-refractivity contribution in [1.82, 2.24) is 4.31 Å². The Hall–Kier alpha value is -2.63. The van der Waals surface area contributed by atoms with E-state index in [0.717, 1.165) is 15.4 Å². The third kappa shape index (κ3) is 3.98. The van der Waals surface area contributed by atoms with Gasteiger partial charge < -0.3 is 9.47 Å². The monoisotopic (exact) mass is 494 g/mol. The van der Waals surface area contributed by atoms with Gasteiger partial charge in [0.25, 0.3) is 0 Å². The predicted octanol–water partition coefficient (Wildman–Crippen LogP) is 2.07. The van der Waals surface area contributed by atoms with Crippen molar-refractivity contribution >= 4 is 31.6 Å². The molecule has 33 heavy (non-hydrogen) atoms. The van der Waals surface area contributed by atoms with Crippen LogP contribution in [0.4, 0.5) is 5.69 Å². The number of anilines is 1. The second-order valence-electron chi connectivity index (χ2n) is 8.30. The standard InChI is InChI=1S/C22H26N2O7S2/c1-14-9-18(24-22(25)15(2)13-32(24,26)27)5-6-21(14)33(28,29)23-8-7-16-10-19(30-3)20(31-4)11-17(16)12-23/h5-6,9-11,15H,7-8,12-13H2,1-4H3/t15-/m1/s1. The molecule has 0 aliphatic carbocycles. The molecule has 9 nitrogen and oxygen atoms in total. The fourth-order valence-electron chi connectivity index (χ4n) is 4.34. The van der Waals surface area contributed by atoms with Crippen LogP contribution in [0.5, 0.6) is 11.5 Å². The van der Waals surface area contributed by atoms with E-state index in [1.165, 1.54) is 29.6 Å². The van der Waals surface area contributed by atoms with Crippen LogP contribution in [0.1, 0.15) is 23.6 Å². The van der Waals surface area contributed by atoms with E-state index >= 15 is 0 Å². The highest BCUT2D eigenvalue weighted by Gasteiger charge is 2.42. The molecule has 178 valence electrons. The highest BCUT2D eigenvalue weighted by Crippen LogP contribution is 2.36. The zero-order valence-corrected chi connectivity index (χ0v) is 20.5. The Bertz CT molecular complexity index is 1340. The molecule has 0 bridgehead atoms. The molecule has 2 aromatic rings. The molecule has 11 heteroatoms. The van der Waals surface area contributed by atoms with E-state index in [4.69, 9.17) is 9.47 Å². The summed E-state index contributed by atoms with van der Waals surface area (Å²) >= 11 is 0. The van der Waals surface area contributed by atoms with Crippen LogP contribution in [0.25, 0.3) is 0 Å². The van der Waals surface area contributed by atoms with Crippen LogP contribution >= 0.6 is 0 Å². The quantitative estimate of drug-likeness (QED) is 0.626. The summed E-state index contributed by atoms with van der Waals surface area (Å²) in [6.45, 7) is 3.63. The number of carbonyl (C=O) groups excluding carboxylic acids is 1. The Labute approximate surface area is 194 Å². The third-order valence-electron chi connectivity index (χ3n) is 6.05. The first-order valence-electron chi connectivity index (χ1n) is 10.4. The van der Waals surface area contributed by atoms with Gasteiger partial charge in [0, 0.05) is 13.1 Å². The summed E-state index contributed by atoms with van der Waals surface area (Å²) in [4.78, 5) is 12.5. The largest absolute Gasteiger partial charge is 0.493 e. The third-order valence-corrected chi connectivity index (χ3v) is 9.93. The first-order chi connectivity index (χ1) is 15.5. The summed E-state index contributed by atoms with van der Waals surface area (Å²) in [6.07, 6.45) is 0.518. The number of methoxy groups -OCH3 is 2. The summed E-state index contributed by atoms with van der Waals surface area (Å²) in [5.41, 5.74) is 2.35. The molecule has 2 aliphatic heterocycles. The van der Waals surface area contributed by atoms with Crippen molar-refractivity contribution in [2.75, 3.05) is 30.8 Å². The Morgan fingerprint density at radius 3 is 2.21 bits per heavy atom. The van der Waals surface area contributed by atoms with Crippen LogP contribution in [-0.2, 0) is 37.8 Å². The van der Waals surface area contributed by atoms with Crippen molar-refractivity contribution in [2.45, 2.75) is 31.7 Å². The van der Waals surface area contributed by atoms with E-state index in [2.05, 4.69) is 0 Å². The molecule has 1 fully saturated rings. The van der Waals surface area contributed by atoms with Gasteiger partial charge in [-0.3, -0.25) is 4.79 Å². The lowest BCUT2D eigenvalue weighted by atomic mass is 10.0. The van der Waals surface area contributed by atoms with Crippen molar-refractivity contribution in [3.63, 3.8) is 0 Å². The van der Waals surface area contributed by atoms with E-state index in [1.54, 1.807) is 27.0 Å². The minimum Gasteiger partial charge on any atom is -0.493 e. The maximum atomic E-state index is 13.4. The first kappa shape index (κ1) is 23.5. The van der Waals surface area contributed by atoms with E-state index in [9.17, 15) is 21.6 Å². The lowest BCUT2D eigenvalue weighted by Gasteiger charge is -2.29. The van der Waals surface area contributed by atoms with Gasteiger partial charge in [-0.25, -0.2) is 21.1 Å². The molecule has 0 saturated carbocycles. The van der Waals surface area contributed by atoms with Gasteiger partial charge in [0.05, 0.1) is 36.5 Å². The molecule has 0 radical (unpaired) electrons. The summed E-state index contributed by atoms with van der Waals surface area (Å²) < 4.78 is 64.5. The van der Waals surface area contributed by atoms with Gasteiger partial charge in [0.2, 0.25) is 26.0 Å². The molecule has 0 spiro atoms. The molecule has 0 N–H and O–H groups in total. The van der Waals surface area contributed by atoms with E-state index < -0.39 is 31.9 Å². The number of hydrogen-bond donors (Lipinski definition) is 0. The van der Waals surface area contributed by atoms with Gasteiger partial charge in [-0.15, -0.1) is 0 Å². The number of fused-ring (bicyclic) bond motifs is 1. The molecule has 2 aliphatic rings. The number of aryl methyl sites for hydroxylation is 1. The summed E-state index contributed by atoms with van der Waals surface area (Å²) in [5, 5.41) is 0. The summed E-state index contributed by atoms with van der Waals surface area (Å²) in [7, 11) is -4.54. The number of ether oxygens (including phenoxy) is 2. The van der Waals surface area contributed by atoms with Gasteiger partial charge in [-0.05, 0) is 60.4 Å². The zero-order chi connectivity index (χ0) is 24.1. The molecule has 4 rings (SSSR count). The summed E-state index contributed by atoms with van der Waals surface area (Å²) in [6, 6.07) is 7.84. The lowest BCUT2D eigenvalue weighted by Crippen LogP contribution is -2.36. The molecular formula is C22H26N2O7S2. The van der Waals surface area contributed by atoms with E-state index in [-0.39, 0.29) is 22.9 Å². The molecule has 2 heterocycles. The smallest absolute Gasteiger partial charge is 0.244 e. The van der Waals surface area contributed by atoms with Crippen LogP contribution in [-0.4, -0.2) is 53.6 Å². The molecule has 1 saturated heterocycles. The van der Waals surface area contributed by atoms with E-state index in [1.807, 2.05) is 6.07 Å². The minimum absolute atomic E-state index is 0.0762. The SMILES string of the molecule is COc1cc2c(cc1OC)CN(S(=O)(=O)c1ccc(N3C(=O)[C@H](C)CS3(=O)=O)cc1C)CC2. The van der Waals surface area contributed by atoms with Gasteiger partial charge in [0.15, 0.2) is 11.5 Å². The molecule has 0 aromatic heterocycles. The van der Waals surface area contributed by atoms with Gasteiger partial charge in [0.1, 0.15) is 0 Å². The molecule has 1 amide bonds. The Kier molecular flexibility index (Phi) is 5.92. The lowest BCUT2D eigenvalue weighted by molar-refractivity contribution is -0.119. The van der Waals surface area contributed by atoms with Crippen molar-refractivity contribution in [2.24, 2.45) is 5.92 Å². The van der Waals surface area contributed by atoms with Gasteiger partial charge >= 0.3 is 0 Å². The number of carbonyl (C=O) groups is 1. The fourth-order valence-corrected chi connectivity index (χ4v) is 7.77. The molecule has 1 atom stereocenters. The average molecular weight is 495 g/mol. The fraction of sp³-hybridized carbons (Fsp3) is 0.409. The second-order valence-corrected chi connectivity index (χ2v) is 12.1. The second kappa shape index (κ2) is 8.30. The average Bonchev–Trinajstić information content (AvgIpc) is 2.97. The number of nitrogens with zero attached hydrogens (tertiary/aromatic N) is 2. The van der Waals surface area contributed by atoms with Crippen molar-refractivity contribution in [1.29, 1.82) is 0 Å². The zero-order valence-electron chi connectivity index (χ0n) is 18.9. The van der Waals surface area contributed by atoms with Crippen LogP contribution in [0, 0.1) is 12.8 Å². The number of sulfonamides is 2. The predicted molar refractivity (Wildman–Crippen MR) is 122 cm³/mol. The Balaban J connectivity index is 1.65. The van der Waals surface area contributed by atoms with Crippen LogP contribution in [0.3, 0.4) is 0 Å². The van der Waals surface area contributed by atoms with Gasteiger partial charge in [-0.2, -0.15) is 4.31 Å². The van der Waals surface area contributed by atoms with Gasteiger partial charge in [-0.1, -0.05) is 6.92 Å². The molecule has 0 unspecified atom stereocenters. The minimum atomic E-state index is -3.86. The van der Waals surface area contributed by atoms with Crippen LogP contribution in [0.2, 0.25) is 0 Å². The van der Waals surface area contributed by atoms with Crippen LogP contribution < -0.4 is 13.8 Å². The number of hydrogen-bond acceptors (Lipinski definition) is 7. The van der Waals surface area contributed by atoms with Crippen molar-refractivity contribution in [3.8, 4) is 11.5 Å². The maximum Gasteiger partial charge on any atom is 0.244 e. The number of benzene rings is 2. The topological polar surface area (TPSA) is 110 Å².